The van der Waals surface area contributed by atoms with Gasteiger partial charge >= 0.3 is 0 Å². The third-order valence-electron chi connectivity index (χ3n) is 4.95. The van der Waals surface area contributed by atoms with Gasteiger partial charge in [-0.15, -0.1) is 0 Å². The predicted octanol–water partition coefficient (Wildman–Crippen LogP) is 3.55. The first-order valence-electron chi connectivity index (χ1n) is 9.87. The molecule has 1 aromatic carbocycles. The van der Waals surface area contributed by atoms with Gasteiger partial charge in [-0.25, -0.2) is 9.07 Å². The Morgan fingerprint density at radius 1 is 1.13 bits per heavy atom. The standard InChI is InChI=1S/C22H22FN5O2/c1-15-12-20-27(10-5-11-28(20)26-15)21(30)9-8-19(29)25-17-13-18(23)22(24-14-17)16-6-3-2-4-7-16/h2-4,6-7,12-14H,5,8-11H2,1H3,(H,25,29). The van der Waals surface area contributed by atoms with E-state index >= 15 is 0 Å². The Morgan fingerprint density at radius 3 is 2.70 bits per heavy atom. The Kier molecular flexibility index (Phi) is 5.56. The molecule has 30 heavy (non-hydrogen) atoms. The van der Waals surface area contributed by atoms with Crippen LogP contribution in [0.3, 0.4) is 0 Å². The predicted molar refractivity (Wildman–Crippen MR) is 111 cm³/mol. The summed E-state index contributed by atoms with van der Waals surface area (Å²) in [5.41, 5.74) is 2.00. The highest BCUT2D eigenvalue weighted by Gasteiger charge is 2.24. The van der Waals surface area contributed by atoms with E-state index < -0.39 is 5.82 Å². The Labute approximate surface area is 173 Å². The number of nitrogens with zero attached hydrogens (tertiary/aromatic N) is 4. The van der Waals surface area contributed by atoms with Crippen molar-refractivity contribution < 1.29 is 14.0 Å². The van der Waals surface area contributed by atoms with Crippen molar-refractivity contribution in [2.45, 2.75) is 32.7 Å². The highest BCUT2D eigenvalue weighted by Crippen LogP contribution is 2.24. The van der Waals surface area contributed by atoms with E-state index in [9.17, 15) is 14.0 Å². The van der Waals surface area contributed by atoms with Crippen molar-refractivity contribution in [2.24, 2.45) is 0 Å². The maximum atomic E-state index is 14.4. The van der Waals surface area contributed by atoms with Gasteiger partial charge in [-0.3, -0.25) is 19.5 Å². The number of aryl methyl sites for hydroxylation is 2. The summed E-state index contributed by atoms with van der Waals surface area (Å²) in [5.74, 6) is -0.243. The van der Waals surface area contributed by atoms with Gasteiger partial charge in [0.05, 0.1) is 17.6 Å². The molecule has 0 unspecified atom stereocenters. The molecule has 1 N–H and O–H groups in total. The number of nitrogens with one attached hydrogen (secondary N) is 1. The zero-order valence-electron chi connectivity index (χ0n) is 16.6. The second-order valence-electron chi connectivity index (χ2n) is 7.23. The largest absolute Gasteiger partial charge is 0.325 e. The zero-order valence-corrected chi connectivity index (χ0v) is 16.6. The molecule has 0 bridgehead atoms. The fourth-order valence-electron chi connectivity index (χ4n) is 3.55. The lowest BCUT2D eigenvalue weighted by Crippen LogP contribution is -2.37. The van der Waals surface area contributed by atoms with E-state index in [0.29, 0.717) is 12.1 Å². The molecule has 8 heteroatoms. The highest BCUT2D eigenvalue weighted by atomic mass is 19.1. The van der Waals surface area contributed by atoms with Gasteiger partial charge in [0, 0.05) is 43.6 Å². The van der Waals surface area contributed by atoms with Gasteiger partial charge in [0.15, 0.2) is 5.82 Å². The van der Waals surface area contributed by atoms with Crippen LogP contribution >= 0.6 is 0 Å². The lowest BCUT2D eigenvalue weighted by molar-refractivity contribution is -0.122. The minimum absolute atomic E-state index is 0.00447. The number of fused-ring (bicyclic) bond motifs is 1. The van der Waals surface area contributed by atoms with Crippen molar-refractivity contribution in [3.05, 3.63) is 60.2 Å². The molecule has 3 aromatic rings. The molecule has 0 fully saturated rings. The fraction of sp³-hybridized carbons (Fsp3) is 0.273. The number of hydrogen-bond acceptors (Lipinski definition) is 4. The summed E-state index contributed by atoms with van der Waals surface area (Å²) in [6.07, 6.45) is 2.31. The number of halogens is 1. The topological polar surface area (TPSA) is 80.1 Å². The Hall–Kier alpha value is -3.55. The Balaban J connectivity index is 1.35. The molecular formula is C22H22FN5O2. The van der Waals surface area contributed by atoms with Crippen LogP contribution < -0.4 is 10.2 Å². The smallest absolute Gasteiger partial charge is 0.228 e. The van der Waals surface area contributed by atoms with Crippen LogP contribution in [0.4, 0.5) is 15.9 Å². The van der Waals surface area contributed by atoms with Crippen LogP contribution in [-0.4, -0.2) is 33.1 Å². The molecule has 1 aliphatic heterocycles. The molecule has 2 amide bonds. The van der Waals surface area contributed by atoms with Crippen molar-refractivity contribution in [1.29, 1.82) is 0 Å². The summed E-state index contributed by atoms with van der Waals surface area (Å²) >= 11 is 0. The van der Waals surface area contributed by atoms with E-state index in [1.807, 2.05) is 23.7 Å². The molecule has 0 saturated carbocycles. The summed E-state index contributed by atoms with van der Waals surface area (Å²) in [4.78, 5) is 30.7. The van der Waals surface area contributed by atoms with Crippen LogP contribution in [0.2, 0.25) is 0 Å². The minimum atomic E-state index is -0.521. The van der Waals surface area contributed by atoms with Gasteiger partial charge in [0.1, 0.15) is 11.5 Å². The third kappa shape index (κ3) is 4.22. The quantitative estimate of drug-likeness (QED) is 0.701. The molecule has 0 aliphatic carbocycles. The lowest BCUT2D eigenvalue weighted by atomic mass is 10.1. The van der Waals surface area contributed by atoms with Gasteiger partial charge in [-0.05, 0) is 13.3 Å². The molecule has 2 aromatic heterocycles. The Bertz CT molecular complexity index is 1080. The maximum absolute atomic E-state index is 14.4. The number of pyridine rings is 1. The number of carbonyl (C=O) groups is 2. The summed E-state index contributed by atoms with van der Waals surface area (Å²) in [6.45, 7) is 3.28. The average molecular weight is 407 g/mol. The second-order valence-corrected chi connectivity index (χ2v) is 7.23. The van der Waals surface area contributed by atoms with E-state index in [1.54, 1.807) is 29.2 Å². The summed E-state index contributed by atoms with van der Waals surface area (Å²) < 4.78 is 16.2. The third-order valence-corrected chi connectivity index (χ3v) is 4.95. The van der Waals surface area contributed by atoms with Crippen molar-refractivity contribution in [3.63, 3.8) is 0 Å². The Morgan fingerprint density at radius 2 is 1.93 bits per heavy atom. The minimum Gasteiger partial charge on any atom is -0.325 e. The number of carbonyl (C=O) groups excluding carboxylic acids is 2. The number of benzene rings is 1. The van der Waals surface area contributed by atoms with E-state index in [1.165, 1.54) is 12.3 Å². The van der Waals surface area contributed by atoms with Crippen LogP contribution in [0, 0.1) is 12.7 Å². The van der Waals surface area contributed by atoms with E-state index in [-0.39, 0.29) is 36.0 Å². The van der Waals surface area contributed by atoms with Crippen molar-refractivity contribution in [1.82, 2.24) is 14.8 Å². The molecule has 7 nitrogen and oxygen atoms in total. The molecule has 154 valence electrons. The first-order chi connectivity index (χ1) is 14.5. The number of aromatic nitrogens is 3. The van der Waals surface area contributed by atoms with Gasteiger partial charge in [0.25, 0.3) is 0 Å². The summed E-state index contributed by atoms with van der Waals surface area (Å²) in [5, 5.41) is 6.99. The number of rotatable bonds is 5. The normalized spacial score (nSPS) is 13.1. The molecule has 1 aliphatic rings. The van der Waals surface area contributed by atoms with Gasteiger partial charge in [-0.1, -0.05) is 30.3 Å². The molecule has 0 saturated heterocycles. The van der Waals surface area contributed by atoms with Crippen molar-refractivity contribution in [3.8, 4) is 11.3 Å². The first kappa shape index (κ1) is 19.8. The summed E-state index contributed by atoms with van der Waals surface area (Å²) in [6, 6.07) is 12.1. The van der Waals surface area contributed by atoms with Gasteiger partial charge < -0.3 is 5.32 Å². The van der Waals surface area contributed by atoms with E-state index in [2.05, 4.69) is 15.4 Å². The molecule has 3 heterocycles. The van der Waals surface area contributed by atoms with Crippen LogP contribution in [0.25, 0.3) is 11.3 Å². The molecular weight excluding hydrogens is 385 g/mol. The first-order valence-corrected chi connectivity index (χ1v) is 9.87. The molecule has 4 rings (SSSR count). The lowest BCUT2D eigenvalue weighted by Gasteiger charge is -2.27. The molecule has 0 spiro atoms. The summed E-state index contributed by atoms with van der Waals surface area (Å²) in [7, 11) is 0. The van der Waals surface area contributed by atoms with Crippen molar-refractivity contribution in [2.75, 3.05) is 16.8 Å². The van der Waals surface area contributed by atoms with Crippen molar-refractivity contribution >= 4 is 23.3 Å². The van der Waals surface area contributed by atoms with E-state index in [4.69, 9.17) is 0 Å². The van der Waals surface area contributed by atoms with Crippen LogP contribution in [0.5, 0.6) is 0 Å². The van der Waals surface area contributed by atoms with Crippen LogP contribution in [0.15, 0.2) is 48.7 Å². The number of amides is 2. The zero-order chi connectivity index (χ0) is 21.1. The van der Waals surface area contributed by atoms with Gasteiger partial charge in [-0.2, -0.15) is 5.10 Å². The number of hydrogen-bond donors (Lipinski definition) is 1. The second kappa shape index (κ2) is 8.44. The fourth-order valence-corrected chi connectivity index (χ4v) is 3.55. The van der Waals surface area contributed by atoms with Gasteiger partial charge in [0.2, 0.25) is 11.8 Å². The van der Waals surface area contributed by atoms with Crippen LogP contribution in [-0.2, 0) is 16.1 Å². The molecule has 0 atom stereocenters. The SMILES string of the molecule is Cc1cc2n(n1)CCCN2C(=O)CCC(=O)Nc1cnc(-c2ccccc2)c(F)c1. The molecule has 0 radical (unpaired) electrons. The monoisotopic (exact) mass is 407 g/mol. The van der Waals surface area contributed by atoms with E-state index in [0.717, 1.165) is 24.5 Å². The average Bonchev–Trinajstić information content (AvgIpc) is 3.13. The van der Waals surface area contributed by atoms with Crippen LogP contribution in [0.1, 0.15) is 25.0 Å². The highest BCUT2D eigenvalue weighted by molar-refractivity contribution is 5.97. The maximum Gasteiger partial charge on any atom is 0.228 e. The number of anilines is 2.